The van der Waals surface area contributed by atoms with Gasteiger partial charge in [0.15, 0.2) is 0 Å². The normalized spacial score (nSPS) is 16.0. The zero-order valence-corrected chi connectivity index (χ0v) is 22.5. The van der Waals surface area contributed by atoms with Crippen LogP contribution in [0, 0.1) is 0 Å². The highest BCUT2D eigenvalue weighted by molar-refractivity contribution is 5.97. The molecule has 0 amide bonds. The lowest BCUT2D eigenvalue weighted by atomic mass is 9.91. The van der Waals surface area contributed by atoms with Crippen molar-refractivity contribution in [1.29, 1.82) is 0 Å². The molecule has 1 aliphatic heterocycles. The first-order valence-corrected chi connectivity index (χ1v) is 12.8. The maximum absolute atomic E-state index is 13.3. The Morgan fingerprint density at radius 2 is 1.45 bits per heavy atom. The number of rotatable bonds is 8. The van der Waals surface area contributed by atoms with Crippen LogP contribution in [0.25, 0.3) is 11.1 Å². The lowest BCUT2D eigenvalue weighted by molar-refractivity contribution is 0.0213. The number of ether oxygens (including phenoxy) is 2. The van der Waals surface area contributed by atoms with Crippen LogP contribution in [0.15, 0.2) is 91.0 Å². The number of nitrogens with one attached hydrogen (secondary N) is 1. The smallest absolute Gasteiger partial charge is 0.341 e. The molecule has 0 fully saturated rings. The monoisotopic (exact) mass is 507 g/mol. The van der Waals surface area contributed by atoms with E-state index < -0.39 is 5.72 Å². The van der Waals surface area contributed by atoms with Crippen molar-refractivity contribution in [3.63, 3.8) is 0 Å². The van der Waals surface area contributed by atoms with E-state index in [1.165, 1.54) is 0 Å². The molecule has 38 heavy (non-hydrogen) atoms. The van der Waals surface area contributed by atoms with Gasteiger partial charge in [-0.2, -0.15) is 0 Å². The summed E-state index contributed by atoms with van der Waals surface area (Å²) in [6, 6.07) is 30.1. The molecule has 1 heterocycles. The SMILES string of the molecule is CCOc1ccc(-c2ccccc2NC2(c3ccc(N(C)C)cc3)OC(=O)c3cc(N(C)C)ccc32)cc1. The average Bonchev–Trinajstić information content (AvgIpc) is 3.21. The highest BCUT2D eigenvalue weighted by atomic mass is 16.6. The number of benzene rings is 4. The Labute approximate surface area is 224 Å². The summed E-state index contributed by atoms with van der Waals surface area (Å²) in [7, 11) is 7.93. The third kappa shape index (κ3) is 4.54. The summed E-state index contributed by atoms with van der Waals surface area (Å²) >= 11 is 0. The van der Waals surface area contributed by atoms with Crippen LogP contribution in [-0.2, 0) is 10.5 Å². The molecule has 0 radical (unpaired) electrons. The van der Waals surface area contributed by atoms with Crippen molar-refractivity contribution in [3.05, 3.63) is 108 Å². The van der Waals surface area contributed by atoms with Crippen molar-refractivity contribution in [3.8, 4) is 16.9 Å². The van der Waals surface area contributed by atoms with Gasteiger partial charge in [-0.05, 0) is 61.0 Å². The first-order valence-electron chi connectivity index (χ1n) is 12.8. The zero-order chi connectivity index (χ0) is 26.9. The van der Waals surface area contributed by atoms with Gasteiger partial charge in [0.2, 0.25) is 5.72 Å². The van der Waals surface area contributed by atoms with Gasteiger partial charge in [-0.25, -0.2) is 4.79 Å². The Morgan fingerprint density at radius 1 is 0.789 bits per heavy atom. The zero-order valence-electron chi connectivity index (χ0n) is 22.5. The van der Waals surface area contributed by atoms with Gasteiger partial charge in [-0.1, -0.05) is 42.5 Å². The number of carbonyl (C=O) groups is 1. The van der Waals surface area contributed by atoms with Crippen molar-refractivity contribution in [1.82, 2.24) is 0 Å². The molecule has 5 rings (SSSR count). The highest BCUT2D eigenvalue weighted by Gasteiger charge is 2.48. The molecular weight excluding hydrogens is 474 g/mol. The molecular formula is C32H33N3O3. The average molecular weight is 508 g/mol. The van der Waals surface area contributed by atoms with E-state index in [9.17, 15) is 4.79 Å². The molecule has 0 aliphatic carbocycles. The van der Waals surface area contributed by atoms with Gasteiger partial charge in [0.25, 0.3) is 0 Å². The molecule has 1 N–H and O–H groups in total. The molecule has 194 valence electrons. The summed E-state index contributed by atoms with van der Waals surface area (Å²) < 4.78 is 11.9. The lowest BCUT2D eigenvalue weighted by Gasteiger charge is -2.33. The van der Waals surface area contributed by atoms with Crippen molar-refractivity contribution < 1.29 is 14.3 Å². The second kappa shape index (κ2) is 10.1. The van der Waals surface area contributed by atoms with Gasteiger partial charge in [0, 0.05) is 61.9 Å². The Bertz CT molecular complexity index is 1450. The van der Waals surface area contributed by atoms with Crippen LogP contribution < -0.4 is 19.9 Å². The van der Waals surface area contributed by atoms with E-state index in [1.54, 1.807) is 0 Å². The summed E-state index contributed by atoms with van der Waals surface area (Å²) in [4.78, 5) is 17.4. The molecule has 1 unspecified atom stereocenters. The summed E-state index contributed by atoms with van der Waals surface area (Å²) in [5, 5.41) is 3.66. The number of hydrogen-bond donors (Lipinski definition) is 1. The van der Waals surface area contributed by atoms with Gasteiger partial charge < -0.3 is 24.6 Å². The van der Waals surface area contributed by atoms with E-state index in [0.29, 0.717) is 12.2 Å². The molecule has 0 bridgehead atoms. The molecule has 6 nitrogen and oxygen atoms in total. The second-order valence-electron chi connectivity index (χ2n) is 9.76. The van der Waals surface area contributed by atoms with Gasteiger partial charge in [0.1, 0.15) is 5.75 Å². The van der Waals surface area contributed by atoms with E-state index in [2.05, 4.69) is 11.4 Å². The molecule has 0 saturated heterocycles. The fraction of sp³-hybridized carbons (Fsp3) is 0.219. The molecule has 1 atom stereocenters. The van der Waals surface area contributed by atoms with Crippen LogP contribution in [0.1, 0.15) is 28.4 Å². The lowest BCUT2D eigenvalue weighted by Crippen LogP contribution is -2.37. The van der Waals surface area contributed by atoms with Gasteiger partial charge in [0.05, 0.1) is 12.2 Å². The minimum absolute atomic E-state index is 0.355. The highest BCUT2D eigenvalue weighted by Crippen LogP contribution is 2.45. The quantitative estimate of drug-likeness (QED) is 0.280. The van der Waals surface area contributed by atoms with Gasteiger partial charge in [-0.15, -0.1) is 0 Å². The summed E-state index contributed by atoms with van der Waals surface area (Å²) in [5.74, 6) is 0.473. The predicted molar refractivity (Wildman–Crippen MR) is 154 cm³/mol. The fourth-order valence-electron chi connectivity index (χ4n) is 4.84. The summed E-state index contributed by atoms with van der Waals surface area (Å²) in [6.45, 7) is 2.59. The van der Waals surface area contributed by atoms with E-state index in [4.69, 9.17) is 9.47 Å². The number of para-hydroxylation sites is 1. The van der Waals surface area contributed by atoms with Gasteiger partial charge in [-0.3, -0.25) is 0 Å². The molecule has 4 aromatic rings. The Hall–Kier alpha value is -4.45. The van der Waals surface area contributed by atoms with Crippen LogP contribution in [0.4, 0.5) is 17.1 Å². The number of cyclic esters (lactones) is 1. The van der Waals surface area contributed by atoms with E-state index in [1.807, 2.05) is 130 Å². The number of fused-ring (bicyclic) bond motifs is 1. The Morgan fingerprint density at radius 3 is 2.11 bits per heavy atom. The number of esters is 1. The third-order valence-corrected chi connectivity index (χ3v) is 6.87. The summed E-state index contributed by atoms with van der Waals surface area (Å²) in [6.07, 6.45) is 0. The fourth-order valence-corrected chi connectivity index (χ4v) is 4.84. The van der Waals surface area contributed by atoms with E-state index >= 15 is 0 Å². The van der Waals surface area contributed by atoms with Crippen molar-refractivity contribution in [2.75, 3.05) is 49.9 Å². The Balaban J connectivity index is 1.64. The largest absolute Gasteiger partial charge is 0.494 e. The van der Waals surface area contributed by atoms with Crippen LogP contribution in [0.2, 0.25) is 0 Å². The van der Waals surface area contributed by atoms with Crippen molar-refractivity contribution >= 4 is 23.0 Å². The second-order valence-corrected chi connectivity index (χ2v) is 9.76. The van der Waals surface area contributed by atoms with Crippen molar-refractivity contribution in [2.45, 2.75) is 12.6 Å². The topological polar surface area (TPSA) is 54.0 Å². The van der Waals surface area contributed by atoms with Crippen LogP contribution >= 0.6 is 0 Å². The maximum Gasteiger partial charge on any atom is 0.341 e. The first kappa shape index (κ1) is 25.2. The molecule has 1 aliphatic rings. The summed E-state index contributed by atoms with van der Waals surface area (Å²) in [5.41, 5.74) is 5.87. The minimum atomic E-state index is -1.19. The minimum Gasteiger partial charge on any atom is -0.494 e. The number of carbonyl (C=O) groups excluding carboxylic acids is 1. The van der Waals surface area contributed by atoms with Crippen LogP contribution in [0.3, 0.4) is 0 Å². The first-order chi connectivity index (χ1) is 18.3. The van der Waals surface area contributed by atoms with E-state index in [-0.39, 0.29) is 5.97 Å². The molecule has 6 heteroatoms. The van der Waals surface area contributed by atoms with Crippen molar-refractivity contribution in [2.24, 2.45) is 0 Å². The standard InChI is InChI=1S/C32H33N3O3/c1-6-37-26-18-11-22(12-19-26)27-9-7-8-10-30(27)33-32(23-13-15-24(16-14-23)34(2)3)29-20-17-25(35(4)5)21-28(29)31(36)38-32/h7-21,33H,6H2,1-5H3. The third-order valence-electron chi connectivity index (χ3n) is 6.87. The molecule has 0 spiro atoms. The number of hydrogen-bond acceptors (Lipinski definition) is 6. The molecule has 0 aromatic heterocycles. The number of anilines is 3. The van der Waals surface area contributed by atoms with E-state index in [0.717, 1.165) is 45.1 Å². The van der Waals surface area contributed by atoms with Gasteiger partial charge >= 0.3 is 5.97 Å². The Kier molecular flexibility index (Phi) is 6.72. The predicted octanol–water partition coefficient (Wildman–Crippen LogP) is 6.37. The number of nitrogens with zero attached hydrogens (tertiary/aromatic N) is 2. The van der Waals surface area contributed by atoms with Crippen LogP contribution in [0.5, 0.6) is 5.75 Å². The maximum atomic E-state index is 13.3. The molecule has 0 saturated carbocycles. The molecule has 4 aromatic carbocycles. The van der Waals surface area contributed by atoms with Crippen LogP contribution in [-0.4, -0.2) is 40.8 Å².